The van der Waals surface area contributed by atoms with E-state index in [2.05, 4.69) is 76.2 Å². The number of para-hydroxylation sites is 1. The van der Waals surface area contributed by atoms with Crippen molar-refractivity contribution in [1.29, 1.82) is 0 Å². The number of rotatable bonds is 5. The van der Waals surface area contributed by atoms with Gasteiger partial charge in [0.2, 0.25) is 0 Å². The second-order valence-electron chi connectivity index (χ2n) is 16.5. The highest BCUT2D eigenvalue weighted by atomic mass is 16.5. The van der Waals surface area contributed by atoms with Crippen LogP contribution in [0.4, 0.5) is 0 Å². The van der Waals surface area contributed by atoms with Gasteiger partial charge in [0.1, 0.15) is 11.2 Å². The zero-order chi connectivity index (χ0) is 36.9. The molecule has 0 amide bonds. The lowest BCUT2D eigenvalue weighted by molar-refractivity contribution is -0.166. The van der Waals surface area contributed by atoms with Gasteiger partial charge in [-0.15, -0.1) is 0 Å². The standard InChI is InChI=1S/C43H52N4O6/c1-7-24-21-46(3)35-17-32-25-10-8-9-11-33(25)44-38(32)31(15-28(24)37(35)41(49)52-5)30-16-34-29(18-36(30)51-4)26-12-13-47-20-23-14-27(22(2)48)40(47)43(19-23,39(26)45-34)42(50)53-6/h7-11,16,18,22-23,27-28,31,35,37,40,44-45,48H,12-15,17,19-21H2,1-6H3/b24-7-/t22-,23-,27-,28+,31-,35+,37+,40+,43-/m1/s1. The van der Waals surface area contributed by atoms with Crippen LogP contribution in [0.25, 0.3) is 21.8 Å². The van der Waals surface area contributed by atoms with E-state index in [0.29, 0.717) is 25.2 Å². The van der Waals surface area contributed by atoms with Gasteiger partial charge in [-0.1, -0.05) is 29.8 Å². The fourth-order valence-corrected chi connectivity index (χ4v) is 12.0. The Bertz CT molecular complexity index is 2150. The Hall–Kier alpha value is -4.12. The number of piperidine rings is 3. The predicted octanol–water partition coefficient (Wildman–Crippen LogP) is 5.46. The largest absolute Gasteiger partial charge is 0.496 e. The van der Waals surface area contributed by atoms with Crippen LogP contribution in [-0.4, -0.2) is 103 Å². The van der Waals surface area contributed by atoms with E-state index in [4.69, 9.17) is 14.2 Å². The number of hydrogen-bond acceptors (Lipinski definition) is 8. The molecule has 1 saturated carbocycles. The van der Waals surface area contributed by atoms with Crippen LogP contribution in [0.1, 0.15) is 67.1 Å². The zero-order valence-electron chi connectivity index (χ0n) is 31.7. The summed E-state index contributed by atoms with van der Waals surface area (Å²) in [5, 5.41) is 13.3. The lowest BCUT2D eigenvalue weighted by Gasteiger charge is -2.58. The number of aromatic amines is 2. The monoisotopic (exact) mass is 720 g/mol. The first-order chi connectivity index (χ1) is 25.6. The molecule has 0 spiro atoms. The summed E-state index contributed by atoms with van der Waals surface area (Å²) < 4.78 is 17.6. The number of hydrogen-bond donors (Lipinski definition) is 3. The van der Waals surface area contributed by atoms with Gasteiger partial charge in [0.05, 0.1) is 33.4 Å². The molecule has 2 aromatic carbocycles. The molecule has 6 heterocycles. The van der Waals surface area contributed by atoms with Gasteiger partial charge >= 0.3 is 11.9 Å². The van der Waals surface area contributed by atoms with Crippen LogP contribution >= 0.6 is 0 Å². The molecule has 10 heteroatoms. The van der Waals surface area contributed by atoms with E-state index in [9.17, 15) is 14.7 Å². The van der Waals surface area contributed by atoms with Crippen molar-refractivity contribution in [1.82, 2.24) is 19.8 Å². The first-order valence-electron chi connectivity index (χ1n) is 19.4. The zero-order valence-corrected chi connectivity index (χ0v) is 31.7. The summed E-state index contributed by atoms with van der Waals surface area (Å²) in [5.74, 6) is 0.199. The van der Waals surface area contributed by atoms with Crippen molar-refractivity contribution in [3.63, 3.8) is 0 Å². The minimum Gasteiger partial charge on any atom is -0.496 e. The van der Waals surface area contributed by atoms with Crippen molar-refractivity contribution < 1.29 is 28.9 Å². The van der Waals surface area contributed by atoms with Gasteiger partial charge in [0.25, 0.3) is 0 Å². The van der Waals surface area contributed by atoms with Crippen LogP contribution in [0.15, 0.2) is 48.0 Å². The number of aromatic nitrogens is 2. The number of allylic oxidation sites excluding steroid dienone is 1. The molecule has 10 rings (SSSR count). The summed E-state index contributed by atoms with van der Waals surface area (Å²) in [6, 6.07) is 12.7. The number of ether oxygens (including phenoxy) is 3. The molecule has 4 aromatic rings. The van der Waals surface area contributed by atoms with Crippen molar-refractivity contribution in [2.24, 2.45) is 23.7 Å². The van der Waals surface area contributed by atoms with Gasteiger partial charge < -0.3 is 29.3 Å². The van der Waals surface area contributed by atoms with Crippen LogP contribution in [0.5, 0.6) is 5.75 Å². The van der Waals surface area contributed by atoms with Gasteiger partial charge in [-0.2, -0.15) is 0 Å². The molecule has 53 heavy (non-hydrogen) atoms. The molecule has 6 aliphatic rings. The van der Waals surface area contributed by atoms with E-state index in [1.54, 1.807) is 7.11 Å². The smallest absolute Gasteiger partial charge is 0.319 e. The molecule has 3 saturated heterocycles. The molecule has 4 aliphatic heterocycles. The average Bonchev–Trinajstić information content (AvgIpc) is 3.69. The number of esters is 2. The van der Waals surface area contributed by atoms with E-state index in [-0.39, 0.29) is 47.7 Å². The van der Waals surface area contributed by atoms with Crippen LogP contribution in [0, 0.1) is 23.7 Å². The number of H-pyrrole nitrogens is 2. The molecule has 6 bridgehead atoms. The number of methoxy groups -OCH3 is 3. The normalized spacial score (nSPS) is 33.5. The second kappa shape index (κ2) is 12.7. The molecule has 3 N–H and O–H groups in total. The summed E-state index contributed by atoms with van der Waals surface area (Å²) in [4.78, 5) is 40.5. The molecule has 10 atom stereocenters. The average molecular weight is 721 g/mol. The topological polar surface area (TPSA) is 120 Å². The molecular formula is C43H52N4O6. The Labute approximate surface area is 310 Å². The van der Waals surface area contributed by atoms with Crippen molar-refractivity contribution in [3.05, 3.63) is 76.1 Å². The number of carbonyl (C=O) groups is 2. The van der Waals surface area contributed by atoms with E-state index in [1.165, 1.54) is 30.7 Å². The maximum absolute atomic E-state index is 14.2. The predicted molar refractivity (Wildman–Crippen MR) is 203 cm³/mol. The number of nitrogens with one attached hydrogen (secondary N) is 2. The van der Waals surface area contributed by atoms with Crippen LogP contribution in [0.2, 0.25) is 0 Å². The SMILES string of the molecule is C/C=C1/CN(C)[C@H]2Cc3c([nH]c4ccccc34)[C@@H](c3cc4[nH]c5c(c4cc3OC)CCN3C[C@@H]4C[C@H]([C@@H](C)O)[C@H]3[C@@]5(C(=O)OC)C4)C[C@@H]1[C@@H]2C(=O)OC. The van der Waals surface area contributed by atoms with Crippen molar-refractivity contribution in [3.8, 4) is 5.75 Å². The van der Waals surface area contributed by atoms with E-state index in [1.807, 2.05) is 6.92 Å². The Morgan fingerprint density at radius 1 is 1.04 bits per heavy atom. The van der Waals surface area contributed by atoms with E-state index >= 15 is 0 Å². The highest BCUT2D eigenvalue weighted by molar-refractivity contribution is 5.93. The molecule has 2 aliphatic carbocycles. The minimum absolute atomic E-state index is 0.0103. The van der Waals surface area contributed by atoms with Crippen molar-refractivity contribution in [2.75, 3.05) is 48.0 Å². The number of carbonyl (C=O) groups excluding carboxylic acids is 2. The van der Waals surface area contributed by atoms with Crippen molar-refractivity contribution >= 4 is 33.7 Å². The third-order valence-corrected chi connectivity index (χ3v) is 14.2. The van der Waals surface area contributed by atoms with Gasteiger partial charge in [-0.25, -0.2) is 0 Å². The Balaban J connectivity index is 1.26. The summed E-state index contributed by atoms with van der Waals surface area (Å²) in [7, 11) is 6.87. The highest BCUT2D eigenvalue weighted by Gasteiger charge is 2.64. The van der Waals surface area contributed by atoms with E-state index < -0.39 is 11.5 Å². The minimum atomic E-state index is -0.905. The van der Waals surface area contributed by atoms with Crippen LogP contribution < -0.4 is 4.74 Å². The number of fused-ring (bicyclic) bond motifs is 9. The quantitative estimate of drug-likeness (QED) is 0.184. The fraction of sp³-hybridized carbons (Fsp3) is 0.535. The number of aliphatic hydroxyl groups excluding tert-OH is 1. The second-order valence-corrected chi connectivity index (χ2v) is 16.5. The first-order valence-corrected chi connectivity index (χ1v) is 19.4. The maximum Gasteiger partial charge on any atom is 0.319 e. The molecule has 1 unspecified atom stereocenters. The van der Waals surface area contributed by atoms with Crippen LogP contribution in [0.3, 0.4) is 0 Å². The summed E-state index contributed by atoms with van der Waals surface area (Å²) in [6.07, 6.45) is 5.47. The van der Waals surface area contributed by atoms with Gasteiger partial charge in [0, 0.05) is 82.3 Å². The molecule has 4 fully saturated rings. The summed E-state index contributed by atoms with van der Waals surface area (Å²) >= 11 is 0. The molecule has 0 radical (unpaired) electrons. The maximum atomic E-state index is 14.2. The highest BCUT2D eigenvalue weighted by Crippen LogP contribution is 2.56. The van der Waals surface area contributed by atoms with E-state index in [0.717, 1.165) is 77.2 Å². The Morgan fingerprint density at radius 2 is 1.85 bits per heavy atom. The summed E-state index contributed by atoms with van der Waals surface area (Å²) in [5.41, 5.74) is 7.90. The van der Waals surface area contributed by atoms with Gasteiger partial charge in [-0.05, 0) is 94.2 Å². The third kappa shape index (κ3) is 4.94. The Morgan fingerprint density at radius 3 is 2.58 bits per heavy atom. The molecule has 280 valence electrons. The number of aliphatic hydroxyl groups is 1. The van der Waals surface area contributed by atoms with Gasteiger partial charge in [-0.3, -0.25) is 19.4 Å². The van der Waals surface area contributed by atoms with Crippen molar-refractivity contribution in [2.45, 2.75) is 75.5 Å². The summed E-state index contributed by atoms with van der Waals surface area (Å²) in [6.45, 7) is 6.50. The molecular weight excluding hydrogens is 668 g/mol. The number of likely N-dealkylation sites (N-methyl/N-ethyl adjacent to an activating group) is 1. The molecule has 2 aromatic heterocycles. The third-order valence-electron chi connectivity index (χ3n) is 14.2. The Kier molecular flexibility index (Phi) is 8.33. The molecule has 10 nitrogen and oxygen atoms in total. The fourth-order valence-electron chi connectivity index (χ4n) is 12.0. The lowest BCUT2D eigenvalue weighted by Crippen LogP contribution is -2.68. The number of nitrogens with zero attached hydrogens (tertiary/aromatic N) is 2. The number of likely N-dealkylation sites (tertiary alicyclic amines) is 1. The van der Waals surface area contributed by atoms with Crippen LogP contribution in [-0.2, 0) is 37.3 Å². The first kappa shape index (κ1) is 34.6. The lowest BCUT2D eigenvalue weighted by atomic mass is 9.56. The number of benzene rings is 2. The van der Waals surface area contributed by atoms with Gasteiger partial charge in [0.15, 0.2) is 0 Å².